The first-order valence-corrected chi connectivity index (χ1v) is 8.53. The van der Waals surface area contributed by atoms with E-state index in [9.17, 15) is 8.42 Å². The molecule has 0 aliphatic heterocycles. The van der Waals surface area contributed by atoms with Crippen LogP contribution in [0.15, 0.2) is 30.3 Å². The predicted molar refractivity (Wildman–Crippen MR) is 74.1 cm³/mol. The van der Waals surface area contributed by atoms with Gasteiger partial charge in [0.1, 0.15) is 0 Å². The first kappa shape index (κ1) is 15.5. The van der Waals surface area contributed by atoms with Crippen molar-refractivity contribution in [2.24, 2.45) is 5.92 Å². The van der Waals surface area contributed by atoms with Gasteiger partial charge in [-0.2, -0.15) is 0 Å². The van der Waals surface area contributed by atoms with Crippen molar-refractivity contribution in [3.63, 3.8) is 0 Å². The van der Waals surface area contributed by atoms with Gasteiger partial charge in [-0.25, -0.2) is 8.42 Å². The first-order chi connectivity index (χ1) is 8.51. The Labute approximate surface area is 114 Å². The molecule has 0 aromatic heterocycles. The minimum absolute atomic E-state index is 0.0167. The SMILES string of the molecule is CCCC(COCc1ccccc1)CS(=O)(=O)Cl. The van der Waals surface area contributed by atoms with Crippen LogP contribution >= 0.6 is 10.7 Å². The summed E-state index contributed by atoms with van der Waals surface area (Å²) in [6, 6.07) is 9.81. The van der Waals surface area contributed by atoms with E-state index in [1.54, 1.807) is 0 Å². The van der Waals surface area contributed by atoms with Crippen molar-refractivity contribution < 1.29 is 13.2 Å². The third-order valence-electron chi connectivity index (χ3n) is 2.60. The largest absolute Gasteiger partial charge is 0.376 e. The fourth-order valence-electron chi connectivity index (χ4n) is 1.82. The minimum atomic E-state index is -3.45. The molecule has 1 aromatic rings. The molecule has 0 radical (unpaired) electrons. The van der Waals surface area contributed by atoms with Crippen molar-refractivity contribution in [1.82, 2.24) is 0 Å². The molecule has 0 heterocycles. The molecule has 0 saturated heterocycles. The van der Waals surface area contributed by atoms with Crippen LogP contribution in [0.1, 0.15) is 25.3 Å². The number of hydrogen-bond donors (Lipinski definition) is 0. The van der Waals surface area contributed by atoms with E-state index in [1.807, 2.05) is 37.3 Å². The van der Waals surface area contributed by atoms with Crippen molar-refractivity contribution in [1.29, 1.82) is 0 Å². The first-order valence-electron chi connectivity index (χ1n) is 6.05. The standard InChI is InChI=1S/C13H19ClO3S/c1-2-6-13(11-18(14,15)16)10-17-9-12-7-4-3-5-8-12/h3-5,7-8,13H,2,6,9-11H2,1H3. The molecule has 1 atom stereocenters. The van der Waals surface area contributed by atoms with E-state index in [4.69, 9.17) is 15.4 Å². The average Bonchev–Trinajstić information content (AvgIpc) is 2.28. The lowest BCUT2D eigenvalue weighted by Crippen LogP contribution is -2.18. The summed E-state index contributed by atoms with van der Waals surface area (Å²) in [5, 5.41) is 0. The van der Waals surface area contributed by atoms with Crippen LogP contribution < -0.4 is 0 Å². The Morgan fingerprint density at radius 2 is 1.94 bits per heavy atom. The van der Waals surface area contributed by atoms with Gasteiger partial charge in [0.15, 0.2) is 0 Å². The Hall–Kier alpha value is -0.580. The van der Waals surface area contributed by atoms with Gasteiger partial charge in [0, 0.05) is 10.7 Å². The summed E-state index contributed by atoms with van der Waals surface area (Å²) in [5.41, 5.74) is 1.08. The smallest absolute Gasteiger partial charge is 0.232 e. The van der Waals surface area contributed by atoms with Gasteiger partial charge in [0.2, 0.25) is 9.05 Å². The molecule has 0 bridgehead atoms. The zero-order valence-electron chi connectivity index (χ0n) is 10.5. The number of hydrogen-bond acceptors (Lipinski definition) is 3. The van der Waals surface area contributed by atoms with Crippen LogP contribution in [0.3, 0.4) is 0 Å². The van der Waals surface area contributed by atoms with Crippen molar-refractivity contribution in [2.45, 2.75) is 26.4 Å². The highest BCUT2D eigenvalue weighted by molar-refractivity contribution is 8.13. The fourth-order valence-corrected chi connectivity index (χ4v) is 3.18. The molecule has 1 rings (SSSR count). The summed E-state index contributed by atoms with van der Waals surface area (Å²) in [7, 11) is 1.83. The lowest BCUT2D eigenvalue weighted by Gasteiger charge is -2.14. The van der Waals surface area contributed by atoms with E-state index in [-0.39, 0.29) is 11.7 Å². The topological polar surface area (TPSA) is 43.4 Å². The van der Waals surface area contributed by atoms with Gasteiger partial charge in [0.05, 0.1) is 19.0 Å². The monoisotopic (exact) mass is 290 g/mol. The summed E-state index contributed by atoms with van der Waals surface area (Å²) < 4.78 is 27.7. The van der Waals surface area contributed by atoms with Crippen LogP contribution in [0.25, 0.3) is 0 Å². The van der Waals surface area contributed by atoms with Gasteiger partial charge in [-0.1, -0.05) is 43.7 Å². The zero-order valence-corrected chi connectivity index (χ0v) is 12.1. The molecule has 3 nitrogen and oxygen atoms in total. The molecule has 18 heavy (non-hydrogen) atoms. The third kappa shape index (κ3) is 6.99. The van der Waals surface area contributed by atoms with E-state index in [0.717, 1.165) is 18.4 Å². The highest BCUT2D eigenvalue weighted by Gasteiger charge is 2.16. The van der Waals surface area contributed by atoms with Crippen LogP contribution in [0.4, 0.5) is 0 Å². The second-order valence-electron chi connectivity index (χ2n) is 4.36. The van der Waals surface area contributed by atoms with Gasteiger partial charge in [0.25, 0.3) is 0 Å². The molecule has 0 fully saturated rings. The Kier molecular flexibility index (Phi) is 6.68. The summed E-state index contributed by atoms with van der Waals surface area (Å²) in [6.07, 6.45) is 1.73. The minimum Gasteiger partial charge on any atom is -0.376 e. The van der Waals surface area contributed by atoms with E-state index in [1.165, 1.54) is 0 Å². The lowest BCUT2D eigenvalue weighted by atomic mass is 10.1. The normalized spacial score (nSPS) is 13.4. The summed E-state index contributed by atoms with van der Waals surface area (Å²) in [6.45, 7) is 2.95. The van der Waals surface area contributed by atoms with Gasteiger partial charge in [-0.15, -0.1) is 0 Å². The quantitative estimate of drug-likeness (QED) is 0.691. The molecule has 0 N–H and O–H groups in total. The van der Waals surface area contributed by atoms with Crippen molar-refractivity contribution in [2.75, 3.05) is 12.4 Å². The Balaban J connectivity index is 2.38. The van der Waals surface area contributed by atoms with E-state index >= 15 is 0 Å². The van der Waals surface area contributed by atoms with Gasteiger partial charge >= 0.3 is 0 Å². The van der Waals surface area contributed by atoms with E-state index < -0.39 is 9.05 Å². The molecular weight excluding hydrogens is 272 g/mol. The van der Waals surface area contributed by atoms with Crippen LogP contribution in [-0.4, -0.2) is 20.8 Å². The predicted octanol–water partition coefficient (Wildman–Crippen LogP) is 3.19. The average molecular weight is 291 g/mol. The number of halogens is 1. The highest BCUT2D eigenvalue weighted by atomic mass is 35.7. The van der Waals surface area contributed by atoms with Gasteiger partial charge in [-0.05, 0) is 17.9 Å². The molecule has 0 aliphatic carbocycles. The van der Waals surface area contributed by atoms with Crippen LogP contribution in [-0.2, 0) is 20.4 Å². The second kappa shape index (κ2) is 7.77. The van der Waals surface area contributed by atoms with Crippen LogP contribution in [0.2, 0.25) is 0 Å². The lowest BCUT2D eigenvalue weighted by molar-refractivity contribution is 0.0903. The molecule has 0 saturated carbocycles. The Morgan fingerprint density at radius 3 is 2.50 bits per heavy atom. The molecular formula is C13H19ClO3S. The van der Waals surface area contributed by atoms with Crippen molar-refractivity contribution in [3.8, 4) is 0 Å². The maximum absolute atomic E-state index is 11.1. The van der Waals surface area contributed by atoms with Gasteiger partial charge in [-0.3, -0.25) is 0 Å². The maximum Gasteiger partial charge on any atom is 0.232 e. The molecule has 0 aliphatic rings. The fraction of sp³-hybridized carbons (Fsp3) is 0.538. The highest BCUT2D eigenvalue weighted by Crippen LogP contribution is 2.14. The summed E-state index contributed by atoms with van der Waals surface area (Å²) >= 11 is 0. The van der Waals surface area contributed by atoms with Crippen molar-refractivity contribution >= 4 is 19.7 Å². The number of benzene rings is 1. The van der Waals surface area contributed by atoms with E-state index in [0.29, 0.717) is 13.2 Å². The third-order valence-corrected chi connectivity index (χ3v) is 3.84. The molecule has 102 valence electrons. The number of rotatable bonds is 8. The molecule has 1 aromatic carbocycles. The van der Waals surface area contributed by atoms with Gasteiger partial charge < -0.3 is 4.74 Å². The maximum atomic E-state index is 11.1. The Bertz CT molecular complexity index is 431. The van der Waals surface area contributed by atoms with Crippen molar-refractivity contribution in [3.05, 3.63) is 35.9 Å². The van der Waals surface area contributed by atoms with E-state index in [2.05, 4.69) is 0 Å². The zero-order chi connectivity index (χ0) is 13.4. The van der Waals surface area contributed by atoms with Crippen LogP contribution in [0.5, 0.6) is 0 Å². The molecule has 5 heteroatoms. The summed E-state index contributed by atoms with van der Waals surface area (Å²) in [4.78, 5) is 0. The molecule has 0 amide bonds. The number of ether oxygens (including phenoxy) is 1. The molecule has 0 spiro atoms. The Morgan fingerprint density at radius 1 is 1.28 bits per heavy atom. The summed E-state index contributed by atoms with van der Waals surface area (Å²) in [5.74, 6) is -0.0433. The van der Waals surface area contributed by atoms with Crippen LogP contribution in [0, 0.1) is 5.92 Å². The molecule has 1 unspecified atom stereocenters. The second-order valence-corrected chi connectivity index (χ2v) is 7.18.